The van der Waals surface area contributed by atoms with Crippen molar-refractivity contribution >= 4 is 10.8 Å². The van der Waals surface area contributed by atoms with Gasteiger partial charge in [-0.2, -0.15) is 0 Å². The molecule has 4 atom stereocenters. The van der Waals surface area contributed by atoms with Gasteiger partial charge in [0.2, 0.25) is 0 Å². The number of nitrogens with zero attached hydrogens (tertiary/aromatic N) is 1. The number of hydrogen-bond donors (Lipinski definition) is 1. The second-order valence-electron chi connectivity index (χ2n) is 6.26. The van der Waals surface area contributed by atoms with Gasteiger partial charge in [0, 0.05) is 54.0 Å². The standard InChI is InChI=1S/C17H28N2OS/c1-14(9-10-21(3)20)19-13-17(18-12-15(19)2)11-16-7-5-4-6-8-16/h4-8,14-15,17-18H,9-13H2,1-3H3. The molecule has 0 radical (unpaired) electrons. The Balaban J connectivity index is 1.90. The smallest absolute Gasteiger partial charge is 0.0246 e. The molecule has 3 nitrogen and oxygen atoms in total. The lowest BCUT2D eigenvalue weighted by atomic mass is 10.00. The van der Waals surface area contributed by atoms with Crippen LogP contribution >= 0.6 is 0 Å². The molecule has 1 aromatic rings. The first kappa shape index (κ1) is 16.7. The van der Waals surface area contributed by atoms with Crippen molar-refractivity contribution in [2.75, 3.05) is 25.1 Å². The van der Waals surface area contributed by atoms with E-state index in [1.165, 1.54) is 5.56 Å². The fourth-order valence-corrected chi connectivity index (χ4v) is 3.78. The van der Waals surface area contributed by atoms with Crippen LogP contribution in [0.2, 0.25) is 0 Å². The van der Waals surface area contributed by atoms with E-state index in [-0.39, 0.29) is 0 Å². The van der Waals surface area contributed by atoms with Gasteiger partial charge in [-0.25, -0.2) is 0 Å². The highest BCUT2D eigenvalue weighted by molar-refractivity contribution is 7.84. The van der Waals surface area contributed by atoms with Crippen LogP contribution in [-0.4, -0.2) is 52.3 Å². The van der Waals surface area contributed by atoms with Crippen LogP contribution in [-0.2, 0) is 17.2 Å². The predicted molar refractivity (Wildman–Crippen MR) is 91.1 cm³/mol. The summed E-state index contributed by atoms with van der Waals surface area (Å²) >= 11 is 0. The summed E-state index contributed by atoms with van der Waals surface area (Å²) in [5, 5.41) is 3.67. The molecule has 0 saturated carbocycles. The Morgan fingerprint density at radius 2 is 2.10 bits per heavy atom. The number of nitrogens with one attached hydrogen (secondary N) is 1. The van der Waals surface area contributed by atoms with Gasteiger partial charge in [0.05, 0.1) is 0 Å². The highest BCUT2D eigenvalue weighted by Crippen LogP contribution is 2.16. The first-order valence-corrected chi connectivity index (χ1v) is 9.62. The van der Waals surface area contributed by atoms with Gasteiger partial charge in [0.1, 0.15) is 0 Å². The molecule has 1 aromatic carbocycles. The minimum atomic E-state index is -0.684. The van der Waals surface area contributed by atoms with Crippen molar-refractivity contribution < 1.29 is 4.21 Å². The molecule has 21 heavy (non-hydrogen) atoms. The first-order valence-electron chi connectivity index (χ1n) is 7.89. The maximum Gasteiger partial charge on any atom is 0.0246 e. The summed E-state index contributed by atoms with van der Waals surface area (Å²) in [6.07, 6.45) is 3.90. The van der Waals surface area contributed by atoms with E-state index in [9.17, 15) is 4.21 Å². The Hall–Kier alpha value is -0.710. The van der Waals surface area contributed by atoms with Crippen LogP contribution < -0.4 is 5.32 Å². The summed E-state index contributed by atoms with van der Waals surface area (Å²) < 4.78 is 11.3. The third kappa shape index (κ3) is 5.20. The fraction of sp³-hybridized carbons (Fsp3) is 0.647. The van der Waals surface area contributed by atoms with Crippen LogP contribution in [0.25, 0.3) is 0 Å². The molecule has 1 aliphatic heterocycles. The Bertz CT molecular complexity index is 451. The topological polar surface area (TPSA) is 32.3 Å². The second kappa shape index (κ2) is 8.06. The zero-order chi connectivity index (χ0) is 15.2. The monoisotopic (exact) mass is 308 g/mol. The summed E-state index contributed by atoms with van der Waals surface area (Å²) in [6, 6.07) is 12.3. The molecular weight excluding hydrogens is 280 g/mol. The molecule has 1 N–H and O–H groups in total. The van der Waals surface area contributed by atoms with Crippen molar-refractivity contribution in [3.05, 3.63) is 35.9 Å². The Labute approximate surface area is 131 Å². The normalized spacial score (nSPS) is 26.4. The summed E-state index contributed by atoms with van der Waals surface area (Å²) in [4.78, 5) is 2.58. The van der Waals surface area contributed by atoms with Gasteiger partial charge in [0.25, 0.3) is 0 Å². The van der Waals surface area contributed by atoms with Crippen molar-refractivity contribution in [3.63, 3.8) is 0 Å². The van der Waals surface area contributed by atoms with E-state index in [0.717, 1.165) is 31.7 Å². The van der Waals surface area contributed by atoms with Gasteiger partial charge in [0.15, 0.2) is 0 Å². The second-order valence-corrected chi connectivity index (χ2v) is 7.81. The third-order valence-electron chi connectivity index (χ3n) is 4.41. The maximum atomic E-state index is 11.3. The number of benzene rings is 1. The van der Waals surface area contributed by atoms with Crippen LogP contribution in [0.1, 0.15) is 25.8 Å². The molecule has 0 aliphatic carbocycles. The van der Waals surface area contributed by atoms with Gasteiger partial charge in [-0.05, 0) is 32.3 Å². The summed E-state index contributed by atoms with van der Waals surface area (Å²) in [6.45, 7) is 6.67. The minimum Gasteiger partial charge on any atom is -0.311 e. The average molecular weight is 308 g/mol. The lowest BCUT2D eigenvalue weighted by molar-refractivity contribution is 0.0970. The highest BCUT2D eigenvalue weighted by Gasteiger charge is 2.28. The molecule has 1 fully saturated rings. The largest absolute Gasteiger partial charge is 0.311 e. The molecule has 0 amide bonds. The summed E-state index contributed by atoms with van der Waals surface area (Å²) in [5.74, 6) is 0.807. The zero-order valence-electron chi connectivity index (χ0n) is 13.4. The van der Waals surface area contributed by atoms with E-state index in [1.54, 1.807) is 6.26 Å². The molecule has 0 aromatic heterocycles. The van der Waals surface area contributed by atoms with Crippen LogP contribution in [0, 0.1) is 0 Å². The van der Waals surface area contributed by atoms with E-state index in [0.29, 0.717) is 18.1 Å². The quantitative estimate of drug-likeness (QED) is 0.873. The van der Waals surface area contributed by atoms with E-state index in [4.69, 9.17) is 0 Å². The Morgan fingerprint density at radius 3 is 2.76 bits per heavy atom. The lowest BCUT2D eigenvalue weighted by Gasteiger charge is -2.42. The van der Waals surface area contributed by atoms with Crippen LogP contribution in [0.3, 0.4) is 0 Å². The number of piperazine rings is 1. The predicted octanol–water partition coefficient (Wildman–Crippen LogP) is 2.05. The Morgan fingerprint density at radius 1 is 1.38 bits per heavy atom. The van der Waals surface area contributed by atoms with E-state index in [1.807, 2.05) is 0 Å². The number of rotatable bonds is 6. The van der Waals surface area contributed by atoms with Gasteiger partial charge >= 0.3 is 0 Å². The molecule has 1 heterocycles. The molecule has 2 rings (SSSR count). The van der Waals surface area contributed by atoms with E-state index < -0.39 is 10.8 Å². The van der Waals surface area contributed by atoms with Crippen molar-refractivity contribution in [3.8, 4) is 0 Å². The molecule has 1 saturated heterocycles. The lowest BCUT2D eigenvalue weighted by Crippen LogP contribution is -2.58. The molecule has 4 heteroatoms. The van der Waals surface area contributed by atoms with Crippen LogP contribution in [0.4, 0.5) is 0 Å². The number of hydrogen-bond acceptors (Lipinski definition) is 3. The first-order chi connectivity index (χ1) is 10.1. The summed E-state index contributed by atoms with van der Waals surface area (Å²) in [5.41, 5.74) is 1.40. The summed E-state index contributed by atoms with van der Waals surface area (Å²) in [7, 11) is -0.684. The molecule has 118 valence electrons. The molecule has 4 unspecified atom stereocenters. The fourth-order valence-electron chi connectivity index (χ4n) is 3.11. The van der Waals surface area contributed by atoms with E-state index >= 15 is 0 Å². The van der Waals surface area contributed by atoms with Crippen molar-refractivity contribution in [2.24, 2.45) is 0 Å². The molecule has 0 bridgehead atoms. The van der Waals surface area contributed by atoms with Crippen LogP contribution in [0.5, 0.6) is 0 Å². The van der Waals surface area contributed by atoms with Gasteiger partial charge in [-0.3, -0.25) is 9.11 Å². The van der Waals surface area contributed by atoms with Crippen LogP contribution in [0.15, 0.2) is 30.3 Å². The molecular formula is C17H28N2OS. The van der Waals surface area contributed by atoms with Gasteiger partial charge in [-0.15, -0.1) is 0 Å². The van der Waals surface area contributed by atoms with Gasteiger partial charge < -0.3 is 5.32 Å². The zero-order valence-corrected chi connectivity index (χ0v) is 14.2. The van der Waals surface area contributed by atoms with Crippen molar-refractivity contribution in [1.82, 2.24) is 10.2 Å². The van der Waals surface area contributed by atoms with Crippen molar-refractivity contribution in [1.29, 1.82) is 0 Å². The maximum absolute atomic E-state index is 11.3. The average Bonchev–Trinajstić information content (AvgIpc) is 2.48. The van der Waals surface area contributed by atoms with E-state index in [2.05, 4.69) is 54.4 Å². The van der Waals surface area contributed by atoms with Gasteiger partial charge in [-0.1, -0.05) is 30.3 Å². The minimum absolute atomic E-state index is 0.504. The van der Waals surface area contributed by atoms with Crippen molar-refractivity contribution in [2.45, 2.75) is 44.8 Å². The third-order valence-corrected chi connectivity index (χ3v) is 5.22. The Kier molecular flexibility index (Phi) is 6.40. The molecule has 0 spiro atoms. The highest BCUT2D eigenvalue weighted by atomic mass is 32.2. The SMILES string of the molecule is CC(CCS(C)=O)N1CC(Cc2ccccc2)NCC1C. The molecule has 1 aliphatic rings.